The normalized spacial score (nSPS) is 17.3. The van der Waals surface area contributed by atoms with Crippen LogP contribution >= 0.6 is 0 Å². The van der Waals surface area contributed by atoms with Gasteiger partial charge in [-0.2, -0.15) is 0 Å². The van der Waals surface area contributed by atoms with E-state index in [1.807, 2.05) is 49.4 Å². The maximum absolute atomic E-state index is 13.5. The summed E-state index contributed by atoms with van der Waals surface area (Å²) < 4.78 is 11.1. The minimum absolute atomic E-state index is 0.121. The zero-order chi connectivity index (χ0) is 23.7. The summed E-state index contributed by atoms with van der Waals surface area (Å²) in [7, 11) is 3.17. The number of nitrogens with zero attached hydrogens (tertiary/aromatic N) is 3. The minimum atomic E-state index is -0.642. The van der Waals surface area contributed by atoms with Gasteiger partial charge in [-0.05, 0) is 38.0 Å². The fourth-order valence-corrected chi connectivity index (χ4v) is 4.98. The van der Waals surface area contributed by atoms with Crippen LogP contribution in [0, 0.1) is 6.92 Å². The van der Waals surface area contributed by atoms with Gasteiger partial charge in [0.2, 0.25) is 0 Å². The van der Waals surface area contributed by atoms with Crippen molar-refractivity contribution in [3.8, 4) is 17.0 Å². The molecular formula is C26H27N3O4. The highest BCUT2D eigenvalue weighted by Crippen LogP contribution is 2.46. The van der Waals surface area contributed by atoms with E-state index in [4.69, 9.17) is 4.74 Å². The minimum Gasteiger partial charge on any atom is -0.508 e. The Balaban J connectivity index is 2.02. The van der Waals surface area contributed by atoms with E-state index in [9.17, 15) is 14.7 Å². The number of aryl methyl sites for hydroxylation is 2. The molecule has 33 heavy (non-hydrogen) atoms. The first-order chi connectivity index (χ1) is 15.6. The summed E-state index contributed by atoms with van der Waals surface area (Å²) in [5.74, 6) is 0.121. The molecule has 0 saturated heterocycles. The molecule has 0 bridgehead atoms. The molecule has 0 spiro atoms. The van der Waals surface area contributed by atoms with Crippen molar-refractivity contribution in [3.63, 3.8) is 0 Å². The van der Waals surface area contributed by atoms with Crippen LogP contribution in [-0.2, 0) is 24.4 Å². The van der Waals surface area contributed by atoms with Crippen LogP contribution in [0.1, 0.15) is 36.8 Å². The van der Waals surface area contributed by atoms with E-state index in [0.717, 1.165) is 21.4 Å². The summed E-state index contributed by atoms with van der Waals surface area (Å²) in [6, 6.07) is 15.2. The molecule has 7 nitrogen and oxygen atoms in total. The lowest BCUT2D eigenvalue weighted by atomic mass is 9.97. The zero-order valence-electron chi connectivity index (χ0n) is 19.4. The van der Waals surface area contributed by atoms with Crippen LogP contribution in [0.4, 0.5) is 0 Å². The van der Waals surface area contributed by atoms with Crippen molar-refractivity contribution in [1.82, 2.24) is 13.7 Å². The highest BCUT2D eigenvalue weighted by Gasteiger charge is 2.41. The van der Waals surface area contributed by atoms with Gasteiger partial charge in [0.25, 0.3) is 5.56 Å². The fraction of sp³-hybridized carbons (Fsp3) is 0.308. The van der Waals surface area contributed by atoms with Gasteiger partial charge in [0.1, 0.15) is 11.9 Å². The summed E-state index contributed by atoms with van der Waals surface area (Å²) in [4.78, 5) is 26.5. The van der Waals surface area contributed by atoms with Gasteiger partial charge in [0.15, 0.2) is 0 Å². The molecule has 5 rings (SSSR count). The molecule has 170 valence electrons. The zero-order valence-corrected chi connectivity index (χ0v) is 19.4. The number of hydrogen-bond acceptors (Lipinski definition) is 4. The van der Waals surface area contributed by atoms with Gasteiger partial charge >= 0.3 is 5.69 Å². The third-order valence-corrected chi connectivity index (χ3v) is 6.58. The SMILES string of the molecule is Cc1ccc([C@H]2OCC(C)(C)n3c(-c4ccccc4)c4c(=O)n(C)c(=O)n(C)c4c32)c(O)c1. The molecule has 2 aromatic heterocycles. The summed E-state index contributed by atoms with van der Waals surface area (Å²) in [6.45, 7) is 6.38. The molecule has 2 aromatic carbocycles. The van der Waals surface area contributed by atoms with E-state index in [0.29, 0.717) is 28.8 Å². The van der Waals surface area contributed by atoms with E-state index in [2.05, 4.69) is 18.4 Å². The summed E-state index contributed by atoms with van der Waals surface area (Å²) >= 11 is 0. The number of phenolic OH excluding ortho intramolecular Hbond substituents is 1. The monoisotopic (exact) mass is 445 g/mol. The second kappa shape index (κ2) is 7.22. The predicted molar refractivity (Wildman–Crippen MR) is 128 cm³/mol. The molecule has 1 atom stereocenters. The smallest absolute Gasteiger partial charge is 0.331 e. The van der Waals surface area contributed by atoms with Crippen molar-refractivity contribution in [2.45, 2.75) is 32.4 Å². The Bertz CT molecular complexity index is 1520. The molecule has 7 heteroatoms. The van der Waals surface area contributed by atoms with Crippen LogP contribution in [0.2, 0.25) is 0 Å². The molecule has 0 fully saturated rings. The van der Waals surface area contributed by atoms with Gasteiger partial charge in [-0.25, -0.2) is 4.79 Å². The van der Waals surface area contributed by atoms with Crippen molar-refractivity contribution in [2.75, 3.05) is 6.61 Å². The molecule has 0 saturated carbocycles. The standard InChI is InChI=1S/C26H27N3O4/c1-15-11-12-17(18(30)13-15)23-22-21-19(24(31)28(5)25(32)27(21)4)20(16-9-7-6-8-10-16)29(22)26(2,3)14-33-23/h6-13,23,30H,14H2,1-5H3/t23-/m1/s1. The second-order valence-electron chi connectivity index (χ2n) is 9.43. The molecule has 1 aliphatic heterocycles. The van der Waals surface area contributed by atoms with Crippen LogP contribution in [0.15, 0.2) is 58.1 Å². The van der Waals surface area contributed by atoms with E-state index >= 15 is 0 Å². The fourth-order valence-electron chi connectivity index (χ4n) is 4.98. The third-order valence-electron chi connectivity index (χ3n) is 6.58. The lowest BCUT2D eigenvalue weighted by Gasteiger charge is -2.39. The number of hydrogen-bond donors (Lipinski definition) is 1. The van der Waals surface area contributed by atoms with Gasteiger partial charge in [-0.1, -0.05) is 42.5 Å². The highest BCUT2D eigenvalue weighted by atomic mass is 16.5. The van der Waals surface area contributed by atoms with Gasteiger partial charge in [-0.3, -0.25) is 13.9 Å². The molecule has 4 aromatic rings. The van der Waals surface area contributed by atoms with Gasteiger partial charge in [0, 0.05) is 19.7 Å². The van der Waals surface area contributed by atoms with Crippen molar-refractivity contribution < 1.29 is 9.84 Å². The molecule has 0 aliphatic carbocycles. The predicted octanol–water partition coefficient (Wildman–Crippen LogP) is 3.57. The Morgan fingerprint density at radius 1 is 1.03 bits per heavy atom. The van der Waals surface area contributed by atoms with E-state index in [1.54, 1.807) is 13.1 Å². The van der Waals surface area contributed by atoms with Crippen molar-refractivity contribution in [3.05, 3.63) is 86.2 Å². The molecular weight excluding hydrogens is 418 g/mol. The van der Waals surface area contributed by atoms with Gasteiger partial charge in [0.05, 0.1) is 34.4 Å². The number of ether oxygens (including phenoxy) is 1. The number of fused-ring (bicyclic) bond motifs is 3. The maximum Gasteiger partial charge on any atom is 0.331 e. The Labute approximate surface area is 191 Å². The third kappa shape index (κ3) is 2.99. The Hall–Kier alpha value is -3.58. The Morgan fingerprint density at radius 3 is 2.39 bits per heavy atom. The summed E-state index contributed by atoms with van der Waals surface area (Å²) in [5, 5.41) is 11.3. The van der Waals surface area contributed by atoms with Crippen LogP contribution in [0.5, 0.6) is 5.75 Å². The molecule has 3 heterocycles. The van der Waals surface area contributed by atoms with Gasteiger partial charge < -0.3 is 14.4 Å². The lowest BCUT2D eigenvalue weighted by Crippen LogP contribution is -2.40. The highest BCUT2D eigenvalue weighted by molar-refractivity contribution is 5.96. The number of rotatable bonds is 2. The lowest BCUT2D eigenvalue weighted by molar-refractivity contribution is -0.00799. The number of aromatic hydroxyl groups is 1. The molecule has 0 unspecified atom stereocenters. The second-order valence-corrected chi connectivity index (χ2v) is 9.43. The van der Waals surface area contributed by atoms with Crippen molar-refractivity contribution in [1.29, 1.82) is 0 Å². The number of aromatic nitrogens is 3. The average Bonchev–Trinajstić information content (AvgIpc) is 3.15. The average molecular weight is 446 g/mol. The molecule has 0 amide bonds. The summed E-state index contributed by atoms with van der Waals surface area (Å²) in [6.07, 6.45) is -0.642. The van der Waals surface area contributed by atoms with E-state index < -0.39 is 17.3 Å². The first kappa shape index (κ1) is 21.3. The van der Waals surface area contributed by atoms with Crippen molar-refractivity contribution >= 4 is 10.9 Å². The van der Waals surface area contributed by atoms with E-state index in [1.165, 1.54) is 11.6 Å². The number of benzene rings is 2. The molecule has 0 radical (unpaired) electrons. The molecule has 1 N–H and O–H groups in total. The van der Waals surface area contributed by atoms with Crippen LogP contribution in [-0.4, -0.2) is 25.4 Å². The molecule has 1 aliphatic rings. The topological polar surface area (TPSA) is 78.4 Å². The van der Waals surface area contributed by atoms with Gasteiger partial charge in [-0.15, -0.1) is 0 Å². The Kier molecular flexibility index (Phi) is 4.65. The number of phenols is 1. The quantitative estimate of drug-likeness (QED) is 0.512. The summed E-state index contributed by atoms with van der Waals surface area (Å²) in [5.41, 5.74) is 3.12. The van der Waals surface area contributed by atoms with Crippen LogP contribution in [0.25, 0.3) is 22.2 Å². The van der Waals surface area contributed by atoms with Crippen LogP contribution < -0.4 is 11.2 Å². The van der Waals surface area contributed by atoms with Crippen LogP contribution in [0.3, 0.4) is 0 Å². The maximum atomic E-state index is 13.5. The van der Waals surface area contributed by atoms with E-state index in [-0.39, 0.29) is 11.3 Å². The first-order valence-corrected chi connectivity index (χ1v) is 10.9. The Morgan fingerprint density at radius 2 is 1.73 bits per heavy atom. The van der Waals surface area contributed by atoms with Crippen molar-refractivity contribution in [2.24, 2.45) is 14.1 Å². The first-order valence-electron chi connectivity index (χ1n) is 10.9. The largest absolute Gasteiger partial charge is 0.508 e.